The molecule has 1 fully saturated rings. The van der Waals surface area contributed by atoms with Crippen LogP contribution in [-0.2, 0) is 9.53 Å². The molecule has 0 saturated heterocycles. The maximum absolute atomic E-state index is 12.2. The van der Waals surface area contributed by atoms with Gasteiger partial charge in [0.2, 0.25) is 0 Å². The SMILES string of the molecule is CSc1ccc(C(=O)O[C@@H](C)C(=O)NC(=O)NC2CCCCC2)cc1[N+](=O)[O-]. The minimum absolute atomic E-state index is 0.0369. The predicted octanol–water partition coefficient (Wildman–Crippen LogP) is 3.02. The second kappa shape index (κ2) is 10.1. The number of esters is 1. The van der Waals surface area contributed by atoms with E-state index < -0.39 is 28.9 Å². The first-order valence-electron chi connectivity index (χ1n) is 8.96. The van der Waals surface area contributed by atoms with E-state index in [2.05, 4.69) is 10.6 Å². The van der Waals surface area contributed by atoms with Crippen molar-refractivity contribution in [3.8, 4) is 0 Å². The normalized spacial score (nSPS) is 15.4. The molecule has 1 atom stereocenters. The Bertz CT molecular complexity index is 764. The molecule has 2 N–H and O–H groups in total. The maximum atomic E-state index is 12.2. The van der Waals surface area contributed by atoms with Crippen LogP contribution in [-0.4, -0.2) is 41.2 Å². The molecule has 2 rings (SSSR count). The second-order valence-corrected chi connectivity index (χ2v) is 7.34. The third kappa shape index (κ3) is 5.95. The summed E-state index contributed by atoms with van der Waals surface area (Å²) in [5.41, 5.74) is -0.262. The molecule has 1 aromatic carbocycles. The Balaban J connectivity index is 1.92. The number of rotatable bonds is 6. The summed E-state index contributed by atoms with van der Waals surface area (Å²) in [6.45, 7) is 1.33. The molecule has 0 heterocycles. The Labute approximate surface area is 166 Å². The standard InChI is InChI=1S/C18H23N3O6S/c1-11(16(22)20-18(24)19-13-6-4-3-5-7-13)27-17(23)12-8-9-15(28-2)14(10-12)21(25)26/h8-11,13H,3-7H2,1-2H3,(H2,19,20,22,24)/t11-/m0/s1. The third-order valence-corrected chi connectivity index (χ3v) is 5.23. The van der Waals surface area contributed by atoms with Gasteiger partial charge in [0.15, 0.2) is 6.10 Å². The van der Waals surface area contributed by atoms with Gasteiger partial charge in [-0.3, -0.25) is 20.2 Å². The van der Waals surface area contributed by atoms with Gasteiger partial charge in [-0.05, 0) is 38.2 Å². The zero-order valence-electron chi connectivity index (χ0n) is 15.7. The highest BCUT2D eigenvalue weighted by Gasteiger charge is 2.24. The molecule has 0 aromatic heterocycles. The smallest absolute Gasteiger partial charge is 0.339 e. The number of nitro groups is 1. The van der Waals surface area contributed by atoms with Gasteiger partial charge >= 0.3 is 12.0 Å². The quantitative estimate of drug-likeness (QED) is 0.320. The van der Waals surface area contributed by atoms with Crippen molar-refractivity contribution in [1.82, 2.24) is 10.6 Å². The molecular formula is C18H23N3O6S. The monoisotopic (exact) mass is 409 g/mol. The summed E-state index contributed by atoms with van der Waals surface area (Å²) in [6.07, 6.45) is 5.41. The first-order chi connectivity index (χ1) is 13.3. The van der Waals surface area contributed by atoms with E-state index in [0.717, 1.165) is 38.2 Å². The van der Waals surface area contributed by atoms with E-state index in [1.54, 1.807) is 6.26 Å². The number of nitrogens with zero attached hydrogens (tertiary/aromatic N) is 1. The first kappa shape index (κ1) is 21.7. The fourth-order valence-electron chi connectivity index (χ4n) is 2.92. The van der Waals surface area contributed by atoms with Gasteiger partial charge in [0.1, 0.15) is 0 Å². The van der Waals surface area contributed by atoms with E-state index in [9.17, 15) is 24.5 Å². The van der Waals surface area contributed by atoms with Crippen LogP contribution in [0.4, 0.5) is 10.5 Å². The highest BCUT2D eigenvalue weighted by molar-refractivity contribution is 7.98. The van der Waals surface area contributed by atoms with Gasteiger partial charge in [-0.2, -0.15) is 0 Å². The van der Waals surface area contributed by atoms with Gasteiger partial charge in [0, 0.05) is 12.1 Å². The molecule has 1 aliphatic carbocycles. The lowest BCUT2D eigenvalue weighted by Gasteiger charge is -2.23. The molecular weight excluding hydrogens is 386 g/mol. The molecule has 0 aliphatic heterocycles. The van der Waals surface area contributed by atoms with Gasteiger partial charge in [-0.1, -0.05) is 19.3 Å². The molecule has 28 heavy (non-hydrogen) atoms. The Morgan fingerprint density at radius 2 is 1.93 bits per heavy atom. The van der Waals surface area contributed by atoms with E-state index in [1.165, 1.54) is 30.8 Å². The van der Waals surface area contributed by atoms with Crippen LogP contribution in [0.5, 0.6) is 0 Å². The molecule has 1 saturated carbocycles. The first-order valence-corrected chi connectivity index (χ1v) is 10.2. The number of carbonyl (C=O) groups excluding carboxylic acids is 3. The largest absolute Gasteiger partial charge is 0.449 e. The van der Waals surface area contributed by atoms with Crippen LogP contribution in [0.1, 0.15) is 49.4 Å². The fraction of sp³-hybridized carbons (Fsp3) is 0.500. The topological polar surface area (TPSA) is 128 Å². The molecule has 10 heteroatoms. The predicted molar refractivity (Wildman–Crippen MR) is 103 cm³/mol. The maximum Gasteiger partial charge on any atom is 0.339 e. The zero-order valence-corrected chi connectivity index (χ0v) is 16.5. The molecule has 9 nitrogen and oxygen atoms in total. The fourth-order valence-corrected chi connectivity index (χ4v) is 3.47. The Kier molecular flexibility index (Phi) is 7.80. The lowest BCUT2D eigenvalue weighted by molar-refractivity contribution is -0.387. The number of hydrogen-bond acceptors (Lipinski definition) is 7. The summed E-state index contributed by atoms with van der Waals surface area (Å²) in [5, 5.41) is 16.0. The number of carbonyl (C=O) groups is 3. The molecule has 0 spiro atoms. The van der Waals surface area contributed by atoms with Gasteiger partial charge < -0.3 is 10.1 Å². The lowest BCUT2D eigenvalue weighted by atomic mass is 9.96. The van der Waals surface area contributed by atoms with Crippen molar-refractivity contribution in [2.75, 3.05) is 6.26 Å². The number of ether oxygens (including phenoxy) is 1. The Hall–Kier alpha value is -2.62. The second-order valence-electron chi connectivity index (χ2n) is 6.49. The van der Waals surface area contributed by atoms with Crippen molar-refractivity contribution in [2.24, 2.45) is 0 Å². The summed E-state index contributed by atoms with van der Waals surface area (Å²) in [6, 6.07) is 3.35. The number of thioether (sulfide) groups is 1. The number of amides is 3. The summed E-state index contributed by atoms with van der Waals surface area (Å²) in [4.78, 5) is 47.1. The van der Waals surface area contributed by atoms with E-state index in [0.29, 0.717) is 4.90 Å². The molecule has 0 bridgehead atoms. The van der Waals surface area contributed by atoms with Gasteiger partial charge in [0.25, 0.3) is 11.6 Å². The number of nitro benzene ring substituents is 1. The number of benzene rings is 1. The van der Waals surface area contributed by atoms with Crippen LogP contribution in [0, 0.1) is 10.1 Å². The highest BCUT2D eigenvalue weighted by Crippen LogP contribution is 2.28. The highest BCUT2D eigenvalue weighted by atomic mass is 32.2. The third-order valence-electron chi connectivity index (χ3n) is 4.44. The van der Waals surface area contributed by atoms with Crippen molar-refractivity contribution >= 4 is 35.4 Å². The van der Waals surface area contributed by atoms with Crippen molar-refractivity contribution in [3.05, 3.63) is 33.9 Å². The molecule has 3 amide bonds. The van der Waals surface area contributed by atoms with Crippen LogP contribution in [0.15, 0.2) is 23.1 Å². The van der Waals surface area contributed by atoms with Crippen molar-refractivity contribution in [1.29, 1.82) is 0 Å². The van der Waals surface area contributed by atoms with Crippen molar-refractivity contribution in [3.63, 3.8) is 0 Å². The molecule has 1 aliphatic rings. The number of nitrogens with one attached hydrogen (secondary N) is 2. The minimum Gasteiger partial charge on any atom is -0.449 e. The summed E-state index contributed by atoms with van der Waals surface area (Å²) >= 11 is 1.18. The molecule has 0 unspecified atom stereocenters. The molecule has 1 aromatic rings. The lowest BCUT2D eigenvalue weighted by Crippen LogP contribution is -2.48. The summed E-state index contributed by atoms with van der Waals surface area (Å²) < 4.78 is 5.04. The zero-order chi connectivity index (χ0) is 20.7. The van der Waals surface area contributed by atoms with Crippen LogP contribution < -0.4 is 10.6 Å². The van der Waals surface area contributed by atoms with Crippen molar-refractivity contribution < 1.29 is 24.0 Å². The van der Waals surface area contributed by atoms with Crippen LogP contribution in [0.3, 0.4) is 0 Å². The van der Waals surface area contributed by atoms with Gasteiger partial charge in [0.05, 0.1) is 15.4 Å². The minimum atomic E-state index is -1.23. The van der Waals surface area contributed by atoms with E-state index in [4.69, 9.17) is 4.74 Å². The number of hydrogen-bond donors (Lipinski definition) is 2. The number of urea groups is 1. The van der Waals surface area contributed by atoms with Crippen LogP contribution >= 0.6 is 11.8 Å². The van der Waals surface area contributed by atoms with E-state index in [-0.39, 0.29) is 17.3 Å². The van der Waals surface area contributed by atoms with E-state index in [1.807, 2.05) is 0 Å². The average Bonchev–Trinajstić information content (AvgIpc) is 2.67. The van der Waals surface area contributed by atoms with Crippen LogP contribution in [0.25, 0.3) is 0 Å². The molecule has 0 radical (unpaired) electrons. The van der Waals surface area contributed by atoms with Crippen LogP contribution in [0.2, 0.25) is 0 Å². The van der Waals surface area contributed by atoms with E-state index >= 15 is 0 Å². The summed E-state index contributed by atoms with van der Waals surface area (Å²) in [5.74, 6) is -1.65. The van der Waals surface area contributed by atoms with Gasteiger partial charge in [-0.15, -0.1) is 11.8 Å². The van der Waals surface area contributed by atoms with Gasteiger partial charge in [-0.25, -0.2) is 9.59 Å². The Morgan fingerprint density at radius 1 is 1.25 bits per heavy atom. The molecule has 152 valence electrons. The number of imide groups is 1. The Morgan fingerprint density at radius 3 is 2.54 bits per heavy atom. The van der Waals surface area contributed by atoms with Crippen molar-refractivity contribution in [2.45, 2.75) is 56.1 Å². The average molecular weight is 409 g/mol. The summed E-state index contributed by atoms with van der Waals surface area (Å²) in [7, 11) is 0.